The van der Waals surface area contributed by atoms with E-state index in [0.29, 0.717) is 19.4 Å². The Morgan fingerprint density at radius 1 is 0.969 bits per heavy atom. The number of phenols is 1. The fraction of sp³-hybridized carbons (Fsp3) is 0.524. The average molecular weight is 452 g/mol. The molecule has 0 aromatic heterocycles. The first-order valence-electron chi connectivity index (χ1n) is 10.4. The van der Waals surface area contributed by atoms with Gasteiger partial charge in [0.25, 0.3) is 0 Å². The van der Waals surface area contributed by atoms with Gasteiger partial charge in [0.1, 0.15) is 24.4 Å². The van der Waals surface area contributed by atoms with Gasteiger partial charge in [-0.15, -0.1) is 0 Å². The quantitative estimate of drug-likeness (QED) is 0.182. The van der Waals surface area contributed by atoms with Crippen molar-refractivity contribution in [3.63, 3.8) is 0 Å². The van der Waals surface area contributed by atoms with Crippen LogP contribution >= 0.6 is 0 Å². The van der Waals surface area contributed by atoms with Gasteiger partial charge in [0, 0.05) is 6.42 Å². The summed E-state index contributed by atoms with van der Waals surface area (Å²) in [7, 11) is 0. The fourth-order valence-electron chi connectivity index (χ4n) is 3.28. The van der Waals surface area contributed by atoms with Crippen LogP contribution in [0.3, 0.4) is 0 Å². The highest BCUT2D eigenvalue weighted by Crippen LogP contribution is 2.22. The molecule has 0 spiro atoms. The molecule has 1 aromatic rings. The van der Waals surface area contributed by atoms with Crippen molar-refractivity contribution in [1.29, 1.82) is 0 Å². The Hall–Kier alpha value is -3.18. The van der Waals surface area contributed by atoms with Gasteiger partial charge in [0.2, 0.25) is 17.7 Å². The van der Waals surface area contributed by atoms with Gasteiger partial charge in [-0.1, -0.05) is 0 Å². The lowest BCUT2D eigenvalue weighted by Crippen LogP contribution is -2.55. The standard InChI is InChI=1S/C21H33N5O6/c1-12-7-14(27)8-13(2)15(12)9-17(25-18(28)10-23)21(32)26-16(5-3-4-6-22)20(31)24-11-19(29)30/h7-8,16-17,27H,3-6,9-11,22-23H2,1-2H3,(H,24,31)(H,25,28)(H,26,32)(H,29,30)/t16?,17-/m0/s1. The molecule has 0 saturated carbocycles. The molecule has 9 N–H and O–H groups in total. The Bertz CT molecular complexity index is 806. The number of carboxylic acid groups (broad SMARTS) is 1. The number of aliphatic carboxylic acids is 1. The van der Waals surface area contributed by atoms with Gasteiger partial charge in [-0.3, -0.25) is 19.2 Å². The summed E-state index contributed by atoms with van der Waals surface area (Å²) in [5.74, 6) is -2.92. The van der Waals surface area contributed by atoms with Gasteiger partial charge in [-0.2, -0.15) is 0 Å². The molecule has 0 aliphatic rings. The SMILES string of the molecule is Cc1cc(O)cc(C)c1C[C@H](NC(=O)CN)C(=O)NC(CCCCN)C(=O)NCC(=O)O. The number of rotatable bonds is 13. The zero-order chi connectivity index (χ0) is 24.3. The van der Waals surface area contributed by atoms with E-state index in [1.54, 1.807) is 26.0 Å². The van der Waals surface area contributed by atoms with Crippen molar-refractivity contribution in [2.24, 2.45) is 11.5 Å². The van der Waals surface area contributed by atoms with Crippen molar-refractivity contribution >= 4 is 23.7 Å². The topological polar surface area (TPSA) is 197 Å². The summed E-state index contributed by atoms with van der Waals surface area (Å²) in [5, 5.41) is 26.0. The minimum absolute atomic E-state index is 0.0887. The maximum absolute atomic E-state index is 13.0. The maximum atomic E-state index is 13.0. The number of unbranched alkanes of at least 4 members (excludes halogenated alkanes) is 1. The number of phenolic OH excluding ortho intramolecular Hbond substituents is 1. The highest BCUT2D eigenvalue weighted by Gasteiger charge is 2.27. The Balaban J connectivity index is 3.07. The van der Waals surface area contributed by atoms with Crippen LogP contribution in [-0.2, 0) is 25.6 Å². The zero-order valence-electron chi connectivity index (χ0n) is 18.4. The number of aromatic hydroxyl groups is 1. The molecule has 0 bridgehead atoms. The second-order valence-corrected chi connectivity index (χ2v) is 7.54. The van der Waals surface area contributed by atoms with Gasteiger partial charge in [0.15, 0.2) is 0 Å². The van der Waals surface area contributed by atoms with E-state index in [-0.39, 0.29) is 25.1 Å². The van der Waals surface area contributed by atoms with Crippen molar-refractivity contribution < 1.29 is 29.4 Å². The molecule has 1 aromatic carbocycles. The van der Waals surface area contributed by atoms with Crippen LogP contribution in [-0.4, -0.2) is 65.6 Å². The van der Waals surface area contributed by atoms with Crippen molar-refractivity contribution in [3.05, 3.63) is 28.8 Å². The fourth-order valence-corrected chi connectivity index (χ4v) is 3.28. The number of aryl methyl sites for hydroxylation is 2. The molecule has 0 fully saturated rings. The first-order chi connectivity index (χ1) is 15.1. The lowest BCUT2D eigenvalue weighted by molar-refractivity contribution is -0.138. The Morgan fingerprint density at radius 3 is 2.12 bits per heavy atom. The van der Waals surface area contributed by atoms with Gasteiger partial charge in [-0.25, -0.2) is 0 Å². The van der Waals surface area contributed by atoms with E-state index in [0.717, 1.165) is 16.7 Å². The smallest absolute Gasteiger partial charge is 0.322 e. The lowest BCUT2D eigenvalue weighted by atomic mass is 9.95. The van der Waals surface area contributed by atoms with Crippen LogP contribution in [0.2, 0.25) is 0 Å². The van der Waals surface area contributed by atoms with Gasteiger partial charge in [0.05, 0.1) is 6.54 Å². The third-order valence-electron chi connectivity index (χ3n) is 4.92. The summed E-state index contributed by atoms with van der Waals surface area (Å²) in [6, 6.07) is 1.08. The second-order valence-electron chi connectivity index (χ2n) is 7.54. The summed E-state index contributed by atoms with van der Waals surface area (Å²) in [5.41, 5.74) is 13.1. The number of nitrogens with two attached hydrogens (primary N) is 2. The number of benzene rings is 1. The van der Waals surface area contributed by atoms with Crippen molar-refractivity contribution in [1.82, 2.24) is 16.0 Å². The molecule has 11 nitrogen and oxygen atoms in total. The van der Waals surface area contributed by atoms with E-state index in [9.17, 15) is 24.3 Å². The van der Waals surface area contributed by atoms with Crippen LogP contribution in [0, 0.1) is 13.8 Å². The zero-order valence-corrected chi connectivity index (χ0v) is 18.4. The van der Waals surface area contributed by atoms with Crippen LogP contribution in [0.1, 0.15) is 36.0 Å². The molecule has 0 saturated heterocycles. The predicted octanol–water partition coefficient (Wildman–Crippen LogP) is -1.19. The summed E-state index contributed by atoms with van der Waals surface area (Å²) in [6.07, 6.45) is 1.53. The molecule has 0 aliphatic heterocycles. The molecule has 0 aliphatic carbocycles. The monoisotopic (exact) mass is 451 g/mol. The number of amides is 3. The Kier molecular flexibility index (Phi) is 11.1. The lowest BCUT2D eigenvalue weighted by Gasteiger charge is -2.24. The Labute approximate surface area is 186 Å². The summed E-state index contributed by atoms with van der Waals surface area (Å²) in [6.45, 7) is 3.05. The van der Waals surface area contributed by atoms with E-state index < -0.39 is 42.3 Å². The summed E-state index contributed by atoms with van der Waals surface area (Å²) < 4.78 is 0. The maximum Gasteiger partial charge on any atom is 0.322 e. The number of nitrogens with one attached hydrogen (secondary N) is 3. The molecule has 11 heteroatoms. The minimum Gasteiger partial charge on any atom is -0.508 e. The average Bonchev–Trinajstić information content (AvgIpc) is 2.72. The molecular weight excluding hydrogens is 418 g/mol. The van der Waals surface area contributed by atoms with E-state index in [1.807, 2.05) is 0 Å². The van der Waals surface area contributed by atoms with E-state index >= 15 is 0 Å². The third-order valence-corrected chi connectivity index (χ3v) is 4.92. The van der Waals surface area contributed by atoms with Crippen LogP contribution in [0.4, 0.5) is 0 Å². The molecule has 1 rings (SSSR count). The largest absolute Gasteiger partial charge is 0.508 e. The first kappa shape index (κ1) is 26.9. The van der Waals surface area contributed by atoms with E-state index in [2.05, 4.69) is 16.0 Å². The number of hydrogen-bond donors (Lipinski definition) is 7. The van der Waals surface area contributed by atoms with Crippen LogP contribution in [0.25, 0.3) is 0 Å². The Morgan fingerprint density at radius 2 is 1.59 bits per heavy atom. The molecule has 0 heterocycles. The number of hydrogen-bond acceptors (Lipinski definition) is 7. The van der Waals surface area contributed by atoms with E-state index in [4.69, 9.17) is 16.6 Å². The van der Waals surface area contributed by atoms with Crippen molar-refractivity contribution in [2.75, 3.05) is 19.6 Å². The first-order valence-corrected chi connectivity index (χ1v) is 10.4. The van der Waals surface area contributed by atoms with Crippen molar-refractivity contribution in [2.45, 2.75) is 51.6 Å². The van der Waals surface area contributed by atoms with Crippen molar-refractivity contribution in [3.8, 4) is 5.75 Å². The number of carbonyl (C=O) groups is 4. The normalized spacial score (nSPS) is 12.5. The van der Waals surface area contributed by atoms with Gasteiger partial charge >= 0.3 is 5.97 Å². The van der Waals surface area contributed by atoms with Crippen LogP contribution in [0.15, 0.2) is 12.1 Å². The highest BCUT2D eigenvalue weighted by atomic mass is 16.4. The molecule has 32 heavy (non-hydrogen) atoms. The number of carbonyl (C=O) groups excluding carboxylic acids is 3. The summed E-state index contributed by atoms with van der Waals surface area (Å²) in [4.78, 5) is 48.2. The molecule has 0 radical (unpaired) electrons. The summed E-state index contributed by atoms with van der Waals surface area (Å²) >= 11 is 0. The molecule has 2 atom stereocenters. The minimum atomic E-state index is -1.21. The highest BCUT2D eigenvalue weighted by molar-refractivity contribution is 5.93. The predicted molar refractivity (Wildman–Crippen MR) is 118 cm³/mol. The van der Waals surface area contributed by atoms with E-state index in [1.165, 1.54) is 0 Å². The van der Waals surface area contributed by atoms with Gasteiger partial charge in [-0.05, 0) is 68.5 Å². The molecule has 178 valence electrons. The number of carboxylic acids is 1. The van der Waals surface area contributed by atoms with Crippen LogP contribution < -0.4 is 27.4 Å². The van der Waals surface area contributed by atoms with Gasteiger partial charge < -0.3 is 37.6 Å². The second kappa shape index (κ2) is 13.3. The third kappa shape index (κ3) is 8.90. The molecule has 3 amide bonds. The molecular formula is C21H33N5O6. The van der Waals surface area contributed by atoms with Crippen LogP contribution in [0.5, 0.6) is 5.75 Å². The molecule has 1 unspecified atom stereocenters.